The van der Waals surface area contributed by atoms with E-state index in [0.717, 1.165) is 42.5 Å². The molecule has 1 atom stereocenters. The number of nitrogens with one attached hydrogen (secondary N) is 1. The van der Waals surface area contributed by atoms with E-state index in [4.69, 9.17) is 9.15 Å². The van der Waals surface area contributed by atoms with Crippen molar-refractivity contribution >= 4 is 33.3 Å². The van der Waals surface area contributed by atoms with Gasteiger partial charge in [-0.2, -0.15) is 0 Å². The van der Waals surface area contributed by atoms with Crippen LogP contribution in [-0.2, 0) is 9.53 Å². The molecule has 1 saturated heterocycles. The standard InChI is InChI=1S/C18H18N2O3S/c21-17(8-7-13-5-3-9-22-13)20-18-19-14(11-24-18)16-10-12-4-1-2-6-15(12)23-16/h1-2,4,6,10-11,13H,3,5,7-9H2,(H,19,20,21). The lowest BCUT2D eigenvalue weighted by atomic mass is 10.1. The molecule has 0 aliphatic carbocycles. The van der Waals surface area contributed by atoms with Crippen LogP contribution in [0.2, 0.25) is 0 Å². The van der Waals surface area contributed by atoms with Crippen LogP contribution in [0.1, 0.15) is 25.7 Å². The summed E-state index contributed by atoms with van der Waals surface area (Å²) in [6.07, 6.45) is 3.62. The van der Waals surface area contributed by atoms with Crippen LogP contribution in [0.15, 0.2) is 40.1 Å². The van der Waals surface area contributed by atoms with Crippen LogP contribution in [-0.4, -0.2) is 23.6 Å². The van der Waals surface area contributed by atoms with Crippen molar-refractivity contribution in [3.8, 4) is 11.5 Å². The molecule has 0 spiro atoms. The predicted octanol–water partition coefficient (Wildman–Crippen LogP) is 4.45. The maximum absolute atomic E-state index is 12.0. The lowest BCUT2D eigenvalue weighted by Crippen LogP contribution is -2.15. The number of carbonyl (C=O) groups excluding carboxylic acids is 1. The highest BCUT2D eigenvalue weighted by atomic mass is 32.1. The van der Waals surface area contributed by atoms with Crippen LogP contribution in [0.5, 0.6) is 0 Å². The Hall–Kier alpha value is -2.18. The molecule has 0 bridgehead atoms. The van der Waals surface area contributed by atoms with Gasteiger partial charge in [-0.1, -0.05) is 18.2 Å². The first kappa shape index (κ1) is 15.4. The molecule has 1 aliphatic rings. The number of nitrogens with zero attached hydrogens (tertiary/aromatic N) is 1. The summed E-state index contributed by atoms with van der Waals surface area (Å²) in [5, 5.41) is 6.40. The minimum absolute atomic E-state index is 0.0176. The minimum Gasteiger partial charge on any atom is -0.454 e. The van der Waals surface area contributed by atoms with Gasteiger partial charge in [0.05, 0.1) is 6.10 Å². The predicted molar refractivity (Wildman–Crippen MR) is 94.2 cm³/mol. The third-order valence-corrected chi connectivity index (χ3v) is 4.90. The summed E-state index contributed by atoms with van der Waals surface area (Å²) < 4.78 is 11.3. The third kappa shape index (κ3) is 3.34. The Morgan fingerprint density at radius 1 is 1.38 bits per heavy atom. The second kappa shape index (κ2) is 6.75. The van der Waals surface area contributed by atoms with Crippen LogP contribution in [0, 0.1) is 0 Å². The summed E-state index contributed by atoms with van der Waals surface area (Å²) in [6.45, 7) is 0.819. The van der Waals surface area contributed by atoms with Gasteiger partial charge in [0.1, 0.15) is 11.3 Å². The number of hydrogen-bond acceptors (Lipinski definition) is 5. The first-order valence-corrected chi connectivity index (χ1v) is 9.02. The average Bonchev–Trinajstić information content (AvgIpc) is 3.32. The van der Waals surface area contributed by atoms with E-state index in [9.17, 15) is 4.79 Å². The Bertz CT molecular complexity index is 816. The molecule has 1 aliphatic heterocycles. The highest BCUT2D eigenvalue weighted by Gasteiger charge is 2.17. The van der Waals surface area contributed by atoms with E-state index in [1.54, 1.807) is 0 Å². The highest BCUT2D eigenvalue weighted by molar-refractivity contribution is 7.14. The van der Waals surface area contributed by atoms with Crippen molar-refractivity contribution < 1.29 is 13.9 Å². The van der Waals surface area contributed by atoms with Crippen LogP contribution >= 0.6 is 11.3 Å². The number of thiazole rings is 1. The quantitative estimate of drug-likeness (QED) is 0.744. The molecule has 1 aromatic carbocycles. The summed E-state index contributed by atoms with van der Waals surface area (Å²) in [7, 11) is 0. The Morgan fingerprint density at radius 2 is 2.29 bits per heavy atom. The normalized spacial score (nSPS) is 17.4. The topological polar surface area (TPSA) is 64.4 Å². The molecule has 4 rings (SSSR count). The van der Waals surface area contributed by atoms with Gasteiger partial charge < -0.3 is 14.5 Å². The van der Waals surface area contributed by atoms with E-state index in [-0.39, 0.29) is 12.0 Å². The fourth-order valence-corrected chi connectivity index (χ4v) is 3.61. The lowest BCUT2D eigenvalue weighted by molar-refractivity contribution is -0.116. The SMILES string of the molecule is O=C(CCC1CCCO1)Nc1nc(-c2cc3ccccc3o2)cs1. The van der Waals surface area contributed by atoms with E-state index < -0.39 is 0 Å². The number of ether oxygens (including phenoxy) is 1. The van der Waals surface area contributed by atoms with Crippen molar-refractivity contribution in [1.82, 2.24) is 4.98 Å². The molecule has 3 heterocycles. The molecule has 124 valence electrons. The molecule has 3 aromatic rings. The molecular weight excluding hydrogens is 324 g/mol. The van der Waals surface area contributed by atoms with Gasteiger partial charge in [0.2, 0.25) is 5.91 Å². The van der Waals surface area contributed by atoms with Gasteiger partial charge in [-0.3, -0.25) is 4.79 Å². The van der Waals surface area contributed by atoms with Gasteiger partial charge >= 0.3 is 0 Å². The van der Waals surface area contributed by atoms with Crippen LogP contribution in [0.25, 0.3) is 22.4 Å². The second-order valence-electron chi connectivity index (χ2n) is 5.91. The largest absolute Gasteiger partial charge is 0.454 e. The number of rotatable bonds is 5. The van der Waals surface area contributed by atoms with Gasteiger partial charge in [-0.05, 0) is 31.4 Å². The van der Waals surface area contributed by atoms with Crippen LogP contribution < -0.4 is 5.32 Å². The number of amides is 1. The number of furan rings is 1. The molecule has 0 saturated carbocycles. The smallest absolute Gasteiger partial charge is 0.226 e. The first-order chi connectivity index (χ1) is 11.8. The van der Waals surface area contributed by atoms with E-state index in [1.165, 1.54) is 11.3 Å². The first-order valence-electron chi connectivity index (χ1n) is 8.14. The number of para-hydroxylation sites is 1. The lowest BCUT2D eigenvalue weighted by Gasteiger charge is -2.07. The number of anilines is 1. The third-order valence-electron chi connectivity index (χ3n) is 4.15. The number of fused-ring (bicyclic) bond motifs is 1. The Balaban J connectivity index is 1.39. The van der Waals surface area contributed by atoms with Crippen molar-refractivity contribution in [2.24, 2.45) is 0 Å². The fourth-order valence-electron chi connectivity index (χ4n) is 2.90. The summed E-state index contributed by atoms with van der Waals surface area (Å²) in [6, 6.07) is 9.81. The zero-order chi connectivity index (χ0) is 16.4. The molecule has 5 nitrogen and oxygen atoms in total. The molecule has 2 aromatic heterocycles. The van der Waals surface area contributed by atoms with E-state index in [1.807, 2.05) is 35.7 Å². The Kier molecular flexibility index (Phi) is 4.32. The summed E-state index contributed by atoms with van der Waals surface area (Å²) in [5.74, 6) is 0.698. The number of carbonyl (C=O) groups is 1. The average molecular weight is 342 g/mol. The van der Waals surface area contributed by atoms with Crippen LogP contribution in [0.3, 0.4) is 0 Å². The highest BCUT2D eigenvalue weighted by Crippen LogP contribution is 2.30. The maximum atomic E-state index is 12.0. The van der Waals surface area contributed by atoms with Crippen molar-refractivity contribution in [3.63, 3.8) is 0 Å². The molecular formula is C18H18N2O3S. The minimum atomic E-state index is -0.0176. The molecule has 1 N–H and O–H groups in total. The fraction of sp³-hybridized carbons (Fsp3) is 0.333. The van der Waals surface area contributed by atoms with Gasteiger partial charge in [0, 0.05) is 23.8 Å². The Labute approximate surface area is 143 Å². The van der Waals surface area contributed by atoms with E-state index in [0.29, 0.717) is 17.3 Å². The summed E-state index contributed by atoms with van der Waals surface area (Å²) >= 11 is 1.41. The van der Waals surface area contributed by atoms with Crippen molar-refractivity contribution in [3.05, 3.63) is 35.7 Å². The number of aromatic nitrogens is 1. The molecule has 0 radical (unpaired) electrons. The second-order valence-corrected chi connectivity index (χ2v) is 6.77. The van der Waals surface area contributed by atoms with Gasteiger partial charge in [-0.15, -0.1) is 11.3 Å². The van der Waals surface area contributed by atoms with Crippen molar-refractivity contribution in [2.75, 3.05) is 11.9 Å². The summed E-state index contributed by atoms with van der Waals surface area (Å²) in [5.41, 5.74) is 1.58. The Morgan fingerprint density at radius 3 is 3.12 bits per heavy atom. The van der Waals surface area contributed by atoms with Gasteiger partial charge in [0.25, 0.3) is 0 Å². The van der Waals surface area contributed by atoms with Crippen molar-refractivity contribution in [1.29, 1.82) is 0 Å². The maximum Gasteiger partial charge on any atom is 0.226 e. The van der Waals surface area contributed by atoms with Crippen molar-refractivity contribution in [2.45, 2.75) is 31.8 Å². The van der Waals surface area contributed by atoms with E-state index >= 15 is 0 Å². The van der Waals surface area contributed by atoms with E-state index in [2.05, 4.69) is 10.3 Å². The van der Waals surface area contributed by atoms with Crippen LogP contribution in [0.4, 0.5) is 5.13 Å². The molecule has 1 unspecified atom stereocenters. The number of benzene rings is 1. The molecule has 6 heteroatoms. The van der Waals surface area contributed by atoms with Gasteiger partial charge in [0.15, 0.2) is 10.9 Å². The monoisotopic (exact) mass is 342 g/mol. The van der Waals surface area contributed by atoms with Gasteiger partial charge in [-0.25, -0.2) is 4.98 Å². The summed E-state index contributed by atoms with van der Waals surface area (Å²) in [4.78, 5) is 16.5. The zero-order valence-corrected chi connectivity index (χ0v) is 14.0. The number of hydrogen-bond donors (Lipinski definition) is 1. The molecule has 1 amide bonds. The molecule has 24 heavy (non-hydrogen) atoms. The zero-order valence-electron chi connectivity index (χ0n) is 13.2. The molecule has 1 fully saturated rings.